The Kier molecular flexibility index (Phi) is 4.31. The van der Waals surface area contributed by atoms with Crippen molar-refractivity contribution >= 4 is 11.7 Å². The van der Waals surface area contributed by atoms with E-state index in [-0.39, 0.29) is 29.7 Å². The van der Waals surface area contributed by atoms with Crippen LogP contribution in [0, 0.1) is 12.7 Å². The van der Waals surface area contributed by atoms with Crippen molar-refractivity contribution in [3.05, 3.63) is 69.0 Å². The maximum atomic E-state index is 13.0. The SMILES string of the molecule is Cc1cc(NC(=O)Cc2ccc(F)cc2)n(-c2nc3c(c(=O)[nH]2)CCC3)n1. The number of benzene rings is 1. The number of carbonyl (C=O) groups is 1. The number of fused-ring (bicyclic) bond motifs is 1. The predicted octanol–water partition coefficient (Wildman–Crippen LogP) is 2.07. The molecule has 2 N–H and O–H groups in total. The summed E-state index contributed by atoms with van der Waals surface area (Å²) in [6.07, 6.45) is 2.50. The van der Waals surface area contributed by atoms with Crippen LogP contribution in [0.1, 0.15) is 28.9 Å². The highest BCUT2D eigenvalue weighted by Crippen LogP contribution is 2.19. The van der Waals surface area contributed by atoms with Crippen molar-refractivity contribution in [3.63, 3.8) is 0 Å². The minimum atomic E-state index is -0.348. The van der Waals surface area contributed by atoms with Crippen LogP contribution in [-0.4, -0.2) is 25.7 Å². The molecule has 0 fully saturated rings. The molecule has 0 aliphatic heterocycles. The lowest BCUT2D eigenvalue weighted by Crippen LogP contribution is -2.21. The van der Waals surface area contributed by atoms with Crippen LogP contribution < -0.4 is 10.9 Å². The Bertz CT molecular complexity index is 1070. The molecule has 0 atom stereocenters. The van der Waals surface area contributed by atoms with Gasteiger partial charge in [0.1, 0.15) is 11.6 Å². The summed E-state index contributed by atoms with van der Waals surface area (Å²) in [7, 11) is 0. The molecule has 2 aromatic heterocycles. The molecule has 7 nitrogen and oxygen atoms in total. The van der Waals surface area contributed by atoms with Crippen molar-refractivity contribution in [1.29, 1.82) is 0 Å². The van der Waals surface area contributed by atoms with Crippen molar-refractivity contribution in [2.24, 2.45) is 0 Å². The summed E-state index contributed by atoms with van der Waals surface area (Å²) >= 11 is 0. The molecule has 2 heterocycles. The quantitative estimate of drug-likeness (QED) is 0.738. The molecule has 27 heavy (non-hydrogen) atoms. The first kappa shape index (κ1) is 17.1. The monoisotopic (exact) mass is 367 g/mol. The number of aromatic nitrogens is 4. The number of carbonyl (C=O) groups excluding carboxylic acids is 1. The Labute approximate surface area is 154 Å². The van der Waals surface area contributed by atoms with Gasteiger partial charge in [-0.25, -0.2) is 9.37 Å². The van der Waals surface area contributed by atoms with Crippen LogP contribution in [0.5, 0.6) is 0 Å². The average Bonchev–Trinajstić information content (AvgIpc) is 3.23. The number of H-pyrrole nitrogens is 1. The fourth-order valence-electron chi connectivity index (χ4n) is 3.25. The molecule has 0 saturated carbocycles. The second-order valence-electron chi connectivity index (χ2n) is 6.60. The van der Waals surface area contributed by atoms with Gasteiger partial charge in [0.15, 0.2) is 0 Å². The number of aromatic amines is 1. The van der Waals surface area contributed by atoms with Crippen LogP contribution in [0.2, 0.25) is 0 Å². The molecule has 0 bridgehead atoms. The molecule has 4 rings (SSSR count). The summed E-state index contributed by atoms with van der Waals surface area (Å²) in [6.45, 7) is 1.79. The number of anilines is 1. The van der Waals surface area contributed by atoms with Crippen molar-refractivity contribution in [2.45, 2.75) is 32.6 Å². The van der Waals surface area contributed by atoms with E-state index in [0.717, 1.165) is 30.5 Å². The van der Waals surface area contributed by atoms with Crippen molar-refractivity contribution in [3.8, 4) is 5.95 Å². The van der Waals surface area contributed by atoms with Crippen LogP contribution in [-0.2, 0) is 24.1 Å². The van der Waals surface area contributed by atoms with Crippen LogP contribution in [0.25, 0.3) is 5.95 Å². The molecule has 1 aliphatic rings. The van der Waals surface area contributed by atoms with Gasteiger partial charge in [0, 0.05) is 11.6 Å². The Morgan fingerprint density at radius 1 is 1.30 bits per heavy atom. The number of hydrogen-bond donors (Lipinski definition) is 2. The van der Waals surface area contributed by atoms with E-state index in [1.165, 1.54) is 16.8 Å². The van der Waals surface area contributed by atoms with Crippen LogP contribution in [0.3, 0.4) is 0 Å². The van der Waals surface area contributed by atoms with E-state index in [9.17, 15) is 14.0 Å². The van der Waals surface area contributed by atoms with E-state index in [4.69, 9.17) is 0 Å². The number of halogens is 1. The van der Waals surface area contributed by atoms with Gasteiger partial charge >= 0.3 is 0 Å². The molecular formula is C19H18FN5O2. The maximum absolute atomic E-state index is 13.0. The second-order valence-corrected chi connectivity index (χ2v) is 6.60. The zero-order valence-corrected chi connectivity index (χ0v) is 14.8. The number of amides is 1. The van der Waals surface area contributed by atoms with E-state index in [1.54, 1.807) is 25.1 Å². The third kappa shape index (κ3) is 3.51. The predicted molar refractivity (Wildman–Crippen MR) is 97.5 cm³/mol. The van der Waals surface area contributed by atoms with Gasteiger partial charge in [-0.15, -0.1) is 0 Å². The van der Waals surface area contributed by atoms with Gasteiger partial charge in [-0.1, -0.05) is 12.1 Å². The minimum Gasteiger partial charge on any atom is -0.310 e. The molecule has 0 unspecified atom stereocenters. The topological polar surface area (TPSA) is 92.7 Å². The summed E-state index contributed by atoms with van der Waals surface area (Å²) in [4.78, 5) is 31.9. The van der Waals surface area contributed by atoms with E-state index < -0.39 is 0 Å². The molecule has 8 heteroatoms. The zero-order chi connectivity index (χ0) is 19.0. The van der Waals surface area contributed by atoms with Gasteiger partial charge in [0.25, 0.3) is 5.56 Å². The third-order valence-corrected chi connectivity index (χ3v) is 4.51. The Hall–Kier alpha value is -3.29. The molecule has 1 aromatic carbocycles. The Morgan fingerprint density at radius 2 is 2.07 bits per heavy atom. The summed E-state index contributed by atoms with van der Waals surface area (Å²) in [5, 5.41) is 7.12. The number of rotatable bonds is 4. The second kappa shape index (κ2) is 6.79. The summed E-state index contributed by atoms with van der Waals surface area (Å²) in [5.74, 6) is 0.0808. The number of aryl methyl sites for hydroxylation is 2. The Morgan fingerprint density at radius 3 is 2.85 bits per heavy atom. The fraction of sp³-hybridized carbons (Fsp3) is 0.263. The first-order chi connectivity index (χ1) is 13.0. The van der Waals surface area contributed by atoms with Gasteiger partial charge in [-0.05, 0) is 43.9 Å². The summed E-state index contributed by atoms with van der Waals surface area (Å²) < 4.78 is 14.4. The average molecular weight is 367 g/mol. The third-order valence-electron chi connectivity index (χ3n) is 4.51. The first-order valence-electron chi connectivity index (χ1n) is 8.73. The van der Waals surface area contributed by atoms with Crippen LogP contribution in [0.4, 0.5) is 10.2 Å². The van der Waals surface area contributed by atoms with Gasteiger partial charge in [0.05, 0.1) is 17.8 Å². The fourth-order valence-corrected chi connectivity index (χ4v) is 3.25. The molecule has 1 amide bonds. The van der Waals surface area contributed by atoms with Crippen LogP contribution in [0.15, 0.2) is 35.1 Å². The minimum absolute atomic E-state index is 0.0959. The van der Waals surface area contributed by atoms with Gasteiger partial charge in [-0.3, -0.25) is 14.6 Å². The van der Waals surface area contributed by atoms with E-state index in [0.29, 0.717) is 17.1 Å². The largest absolute Gasteiger partial charge is 0.310 e. The molecule has 0 spiro atoms. The zero-order valence-electron chi connectivity index (χ0n) is 14.8. The van der Waals surface area contributed by atoms with Crippen molar-refractivity contribution in [1.82, 2.24) is 19.7 Å². The standard InChI is InChI=1S/C19H18FN5O2/c1-11-9-16(22-17(26)10-12-5-7-13(20)8-6-12)25(24-11)19-21-15-4-2-3-14(15)18(27)23-19/h5-9H,2-4,10H2,1H3,(H,22,26)(H,21,23,27). The molecule has 3 aromatic rings. The molecule has 1 aliphatic carbocycles. The smallest absolute Gasteiger partial charge is 0.255 e. The maximum Gasteiger partial charge on any atom is 0.255 e. The van der Waals surface area contributed by atoms with Crippen molar-refractivity contribution < 1.29 is 9.18 Å². The number of nitrogens with one attached hydrogen (secondary N) is 2. The summed E-state index contributed by atoms with van der Waals surface area (Å²) in [6, 6.07) is 7.47. The summed E-state index contributed by atoms with van der Waals surface area (Å²) in [5.41, 5.74) is 2.72. The highest BCUT2D eigenvalue weighted by Gasteiger charge is 2.20. The van der Waals surface area contributed by atoms with E-state index >= 15 is 0 Å². The molecule has 0 radical (unpaired) electrons. The van der Waals surface area contributed by atoms with Gasteiger partial charge < -0.3 is 5.32 Å². The van der Waals surface area contributed by atoms with Crippen LogP contribution >= 0.6 is 0 Å². The van der Waals surface area contributed by atoms with Gasteiger partial charge in [-0.2, -0.15) is 9.78 Å². The lowest BCUT2D eigenvalue weighted by Gasteiger charge is -2.09. The normalized spacial score (nSPS) is 12.8. The molecular weight excluding hydrogens is 349 g/mol. The van der Waals surface area contributed by atoms with Crippen molar-refractivity contribution in [2.75, 3.05) is 5.32 Å². The number of hydrogen-bond acceptors (Lipinski definition) is 4. The first-order valence-corrected chi connectivity index (χ1v) is 8.73. The molecule has 138 valence electrons. The number of nitrogens with zero attached hydrogens (tertiary/aromatic N) is 3. The lowest BCUT2D eigenvalue weighted by atomic mass is 10.1. The highest BCUT2D eigenvalue weighted by molar-refractivity contribution is 5.91. The highest BCUT2D eigenvalue weighted by atomic mass is 19.1. The lowest BCUT2D eigenvalue weighted by molar-refractivity contribution is -0.115. The van der Waals surface area contributed by atoms with E-state index in [2.05, 4.69) is 20.4 Å². The molecule has 0 saturated heterocycles. The Balaban J connectivity index is 1.60. The van der Waals surface area contributed by atoms with Gasteiger partial charge in [0.2, 0.25) is 11.9 Å². The van der Waals surface area contributed by atoms with E-state index in [1.807, 2.05) is 0 Å².